The maximum Gasteiger partial charge on any atom is 0.416 e. The molecule has 160 valence electrons. The third-order valence-corrected chi connectivity index (χ3v) is 4.38. The lowest BCUT2D eigenvalue weighted by Gasteiger charge is -2.13. The number of carbonyl (C=O) groups is 1. The van der Waals surface area contributed by atoms with Crippen LogP contribution in [0.5, 0.6) is 0 Å². The van der Waals surface area contributed by atoms with Crippen molar-refractivity contribution in [1.29, 1.82) is 0 Å². The Bertz CT molecular complexity index is 1120. The van der Waals surface area contributed by atoms with Crippen molar-refractivity contribution in [3.63, 3.8) is 0 Å². The van der Waals surface area contributed by atoms with Crippen LogP contribution in [0.3, 0.4) is 0 Å². The van der Waals surface area contributed by atoms with Crippen molar-refractivity contribution < 1.29 is 26.7 Å². The number of benzene rings is 2. The van der Waals surface area contributed by atoms with Gasteiger partial charge in [0.25, 0.3) is 0 Å². The Kier molecular flexibility index (Phi) is 6.99. The molecule has 30 heavy (non-hydrogen) atoms. The molecule has 0 aliphatic rings. The molecule has 2 N–H and O–H groups in total. The van der Waals surface area contributed by atoms with Crippen LogP contribution in [-0.2, 0) is 12.7 Å². The van der Waals surface area contributed by atoms with Crippen molar-refractivity contribution in [2.24, 2.45) is 5.73 Å². The molecule has 4 nitrogen and oxygen atoms in total. The fourth-order valence-corrected chi connectivity index (χ4v) is 2.96. The average molecular weight is 446 g/mol. The number of halogens is 6. The molecule has 0 amide bonds. The molecule has 0 aliphatic heterocycles. The van der Waals surface area contributed by atoms with Crippen molar-refractivity contribution in [3.05, 3.63) is 65.5 Å². The zero-order valence-electron chi connectivity index (χ0n) is 15.6. The molecule has 0 aliphatic carbocycles. The van der Waals surface area contributed by atoms with E-state index in [0.29, 0.717) is 0 Å². The number of hydrogen-bond acceptors (Lipinski definition) is 3. The highest BCUT2D eigenvalue weighted by Crippen LogP contribution is 2.38. The largest absolute Gasteiger partial charge is 0.416 e. The van der Waals surface area contributed by atoms with E-state index in [2.05, 4.69) is 4.98 Å². The van der Waals surface area contributed by atoms with E-state index >= 15 is 0 Å². The Balaban J connectivity index is 0.00000320. The summed E-state index contributed by atoms with van der Waals surface area (Å²) >= 11 is 0. The second-order valence-corrected chi connectivity index (χ2v) is 6.40. The summed E-state index contributed by atoms with van der Waals surface area (Å²) in [6.45, 7) is 0.824. The van der Waals surface area contributed by atoms with Gasteiger partial charge in [-0.25, -0.2) is 13.8 Å². The Morgan fingerprint density at radius 3 is 2.50 bits per heavy atom. The average Bonchev–Trinajstić information content (AvgIpc) is 3.03. The van der Waals surface area contributed by atoms with Gasteiger partial charge in [-0.1, -0.05) is 0 Å². The summed E-state index contributed by atoms with van der Waals surface area (Å²) in [6, 6.07) is 5.04. The van der Waals surface area contributed by atoms with Gasteiger partial charge in [-0.15, -0.1) is 12.4 Å². The van der Waals surface area contributed by atoms with Gasteiger partial charge in [0.05, 0.1) is 29.5 Å². The van der Waals surface area contributed by atoms with Crippen molar-refractivity contribution >= 4 is 29.2 Å². The van der Waals surface area contributed by atoms with Crippen LogP contribution >= 0.6 is 12.4 Å². The molecule has 3 aromatic rings. The van der Waals surface area contributed by atoms with Gasteiger partial charge in [0, 0.05) is 23.2 Å². The van der Waals surface area contributed by atoms with Gasteiger partial charge in [0.2, 0.25) is 0 Å². The molecule has 0 radical (unpaired) electrons. The number of aromatic nitrogens is 2. The van der Waals surface area contributed by atoms with E-state index in [0.717, 1.165) is 24.3 Å². The molecule has 0 unspecified atom stereocenters. The molecule has 0 bridgehead atoms. The van der Waals surface area contributed by atoms with Crippen LogP contribution in [0.4, 0.5) is 22.0 Å². The predicted octanol–water partition coefficient (Wildman–Crippen LogP) is 5.30. The number of alkyl halides is 3. The fraction of sp³-hybridized carbons (Fsp3) is 0.200. The number of imidazole rings is 1. The number of rotatable bonds is 5. The van der Waals surface area contributed by atoms with E-state index in [4.69, 9.17) is 5.73 Å². The molecule has 0 fully saturated rings. The molecule has 0 saturated heterocycles. The SMILES string of the molecule is CC(=O)c1ccc(F)c(-c2cc(C(F)(F)F)cc3c2ncn3C/C(F)=C/CN)c1.Cl. The van der Waals surface area contributed by atoms with Crippen molar-refractivity contribution in [1.82, 2.24) is 9.55 Å². The van der Waals surface area contributed by atoms with E-state index in [1.165, 1.54) is 30.0 Å². The number of fused-ring (bicyclic) bond motifs is 1. The van der Waals surface area contributed by atoms with E-state index in [1.54, 1.807) is 0 Å². The second-order valence-electron chi connectivity index (χ2n) is 6.40. The monoisotopic (exact) mass is 445 g/mol. The van der Waals surface area contributed by atoms with Gasteiger partial charge in [-0.3, -0.25) is 4.79 Å². The summed E-state index contributed by atoms with van der Waals surface area (Å²) in [5.74, 6) is -1.82. The lowest BCUT2D eigenvalue weighted by atomic mass is 9.97. The van der Waals surface area contributed by atoms with E-state index in [-0.39, 0.29) is 59.0 Å². The van der Waals surface area contributed by atoms with E-state index < -0.39 is 23.4 Å². The third-order valence-electron chi connectivity index (χ3n) is 4.38. The van der Waals surface area contributed by atoms with E-state index in [9.17, 15) is 26.7 Å². The molecule has 2 aromatic carbocycles. The van der Waals surface area contributed by atoms with Gasteiger partial charge in [0.15, 0.2) is 5.78 Å². The number of nitrogens with two attached hydrogens (primary N) is 1. The highest BCUT2D eigenvalue weighted by atomic mass is 35.5. The molecule has 3 rings (SSSR count). The van der Waals surface area contributed by atoms with Crippen molar-refractivity contribution in [3.8, 4) is 11.1 Å². The first-order chi connectivity index (χ1) is 13.6. The Morgan fingerprint density at radius 1 is 1.20 bits per heavy atom. The minimum Gasteiger partial charge on any atom is -0.327 e. The summed E-state index contributed by atoms with van der Waals surface area (Å²) in [6.07, 6.45) is -2.46. The van der Waals surface area contributed by atoms with Gasteiger partial charge < -0.3 is 10.3 Å². The highest BCUT2D eigenvalue weighted by molar-refractivity contribution is 5.98. The molecule has 0 atom stereocenters. The number of ketones is 1. The fourth-order valence-electron chi connectivity index (χ4n) is 2.96. The van der Waals surface area contributed by atoms with Crippen molar-refractivity contribution in [2.75, 3.05) is 6.54 Å². The molecule has 1 aromatic heterocycles. The van der Waals surface area contributed by atoms with Gasteiger partial charge >= 0.3 is 6.18 Å². The number of nitrogens with zero attached hydrogens (tertiary/aromatic N) is 2. The Morgan fingerprint density at radius 2 is 1.90 bits per heavy atom. The van der Waals surface area contributed by atoms with Crippen LogP contribution in [0, 0.1) is 5.82 Å². The van der Waals surface area contributed by atoms with Crippen LogP contribution in [0.2, 0.25) is 0 Å². The van der Waals surface area contributed by atoms with Crippen LogP contribution < -0.4 is 5.73 Å². The van der Waals surface area contributed by atoms with Gasteiger partial charge in [0.1, 0.15) is 11.6 Å². The Hall–Kier alpha value is -2.78. The highest BCUT2D eigenvalue weighted by Gasteiger charge is 2.32. The van der Waals surface area contributed by atoms with Crippen LogP contribution in [-0.4, -0.2) is 21.9 Å². The smallest absolute Gasteiger partial charge is 0.327 e. The standard InChI is InChI=1S/C20H16F5N3O.ClH/c1-11(29)12-2-3-17(22)15(6-12)16-7-13(20(23,24)25)8-18-19(16)27-10-28(18)9-14(21)4-5-26;/h2-4,6-8,10H,5,9,26H2,1H3;1H/b14-4-;. The second kappa shape index (κ2) is 8.93. The maximum absolute atomic E-state index is 14.5. The molecular formula is C20H17ClF5N3O. The first-order valence-electron chi connectivity index (χ1n) is 8.53. The van der Waals surface area contributed by atoms with Crippen LogP contribution in [0.1, 0.15) is 22.8 Å². The molecule has 0 spiro atoms. The first-order valence-corrected chi connectivity index (χ1v) is 8.53. The molecule has 1 heterocycles. The number of Topliss-reactive ketones (excluding diaryl/α,β-unsaturated/α-hetero) is 1. The van der Waals surface area contributed by atoms with E-state index in [1.807, 2.05) is 0 Å². The number of hydrogen-bond donors (Lipinski definition) is 1. The molecule has 0 saturated carbocycles. The Labute approximate surface area is 174 Å². The minimum atomic E-state index is -4.72. The minimum absolute atomic E-state index is 0. The quantitative estimate of drug-likeness (QED) is 0.428. The van der Waals surface area contributed by atoms with Crippen molar-refractivity contribution in [2.45, 2.75) is 19.6 Å². The number of allylic oxidation sites excluding steroid dienone is 1. The summed E-state index contributed by atoms with van der Waals surface area (Å²) in [5, 5.41) is 0. The van der Waals surface area contributed by atoms with Gasteiger partial charge in [-0.05, 0) is 43.3 Å². The number of carbonyl (C=O) groups excluding carboxylic acids is 1. The third kappa shape index (κ3) is 4.68. The topological polar surface area (TPSA) is 60.9 Å². The normalized spacial score (nSPS) is 12.2. The van der Waals surface area contributed by atoms with Gasteiger partial charge in [-0.2, -0.15) is 13.2 Å². The lowest BCUT2D eigenvalue weighted by molar-refractivity contribution is -0.137. The van der Waals surface area contributed by atoms with Crippen LogP contribution in [0.25, 0.3) is 22.2 Å². The predicted molar refractivity (Wildman–Crippen MR) is 106 cm³/mol. The van der Waals surface area contributed by atoms with Crippen LogP contribution in [0.15, 0.2) is 48.6 Å². The lowest BCUT2D eigenvalue weighted by Crippen LogP contribution is -2.07. The molecular weight excluding hydrogens is 429 g/mol. The zero-order chi connectivity index (χ0) is 21.3. The first kappa shape index (κ1) is 23.5. The summed E-state index contributed by atoms with van der Waals surface area (Å²) in [4.78, 5) is 15.7. The summed E-state index contributed by atoms with van der Waals surface area (Å²) < 4.78 is 69.9. The molecule has 10 heteroatoms. The summed E-state index contributed by atoms with van der Waals surface area (Å²) in [7, 11) is 0. The maximum atomic E-state index is 14.5. The summed E-state index contributed by atoms with van der Waals surface area (Å²) in [5.41, 5.74) is 4.04. The zero-order valence-corrected chi connectivity index (χ0v) is 16.5.